The highest BCUT2D eigenvalue weighted by Crippen LogP contribution is 2.43. The third-order valence-electron chi connectivity index (χ3n) is 2.58. The van der Waals surface area contributed by atoms with E-state index in [1.807, 2.05) is 6.07 Å². The third kappa shape index (κ3) is 1.63. The second-order valence-electron chi connectivity index (χ2n) is 3.61. The molecular weight excluding hydrogens is 179 g/mol. The molecular formula is C10H13BO3. The van der Waals surface area contributed by atoms with Crippen LogP contribution < -0.4 is 10.2 Å². The van der Waals surface area contributed by atoms with Crippen LogP contribution in [0.4, 0.5) is 0 Å². The molecule has 0 bridgehead atoms. The molecule has 1 aliphatic carbocycles. The van der Waals surface area contributed by atoms with E-state index in [9.17, 15) is 10.0 Å². The molecule has 0 heterocycles. The van der Waals surface area contributed by atoms with Crippen molar-refractivity contribution in [1.82, 2.24) is 0 Å². The van der Waals surface area contributed by atoms with E-state index in [1.54, 1.807) is 19.2 Å². The van der Waals surface area contributed by atoms with E-state index in [0.717, 1.165) is 24.2 Å². The summed E-state index contributed by atoms with van der Waals surface area (Å²) in [5.41, 5.74) is 1.54. The Morgan fingerprint density at radius 2 is 2.07 bits per heavy atom. The lowest BCUT2D eigenvalue weighted by atomic mass is 9.75. The van der Waals surface area contributed by atoms with E-state index in [-0.39, 0.29) is 0 Å². The lowest BCUT2D eigenvalue weighted by Crippen LogP contribution is -2.33. The van der Waals surface area contributed by atoms with E-state index >= 15 is 0 Å². The zero-order valence-corrected chi connectivity index (χ0v) is 8.10. The molecule has 2 N–H and O–H groups in total. The average molecular weight is 192 g/mol. The zero-order valence-electron chi connectivity index (χ0n) is 8.10. The van der Waals surface area contributed by atoms with Crippen LogP contribution in [0.15, 0.2) is 18.2 Å². The highest BCUT2D eigenvalue weighted by atomic mass is 16.5. The van der Waals surface area contributed by atoms with E-state index < -0.39 is 7.12 Å². The van der Waals surface area contributed by atoms with Crippen LogP contribution >= 0.6 is 0 Å². The van der Waals surface area contributed by atoms with Gasteiger partial charge < -0.3 is 14.8 Å². The maximum Gasteiger partial charge on any atom is 0.488 e. The molecule has 0 radical (unpaired) electrons. The van der Waals surface area contributed by atoms with Gasteiger partial charge in [-0.15, -0.1) is 0 Å². The van der Waals surface area contributed by atoms with Gasteiger partial charge in [-0.05, 0) is 35.9 Å². The summed E-state index contributed by atoms with van der Waals surface area (Å²) >= 11 is 0. The summed E-state index contributed by atoms with van der Waals surface area (Å²) in [6.45, 7) is 0. The number of rotatable bonds is 3. The molecule has 74 valence electrons. The lowest BCUT2D eigenvalue weighted by molar-refractivity contribution is 0.407. The molecule has 0 amide bonds. The van der Waals surface area contributed by atoms with Crippen LogP contribution in [-0.2, 0) is 0 Å². The Bertz CT molecular complexity index is 334. The molecule has 0 unspecified atom stereocenters. The van der Waals surface area contributed by atoms with Crippen LogP contribution in [0.3, 0.4) is 0 Å². The van der Waals surface area contributed by atoms with Crippen molar-refractivity contribution in [3.8, 4) is 5.75 Å². The molecule has 4 heteroatoms. The van der Waals surface area contributed by atoms with Gasteiger partial charge in [0, 0.05) is 0 Å². The second-order valence-corrected chi connectivity index (χ2v) is 3.61. The van der Waals surface area contributed by atoms with Gasteiger partial charge >= 0.3 is 7.12 Å². The molecule has 0 saturated heterocycles. The number of hydrogen-bond acceptors (Lipinski definition) is 3. The molecule has 0 spiro atoms. The number of benzene rings is 1. The molecule has 14 heavy (non-hydrogen) atoms. The van der Waals surface area contributed by atoms with E-state index in [1.165, 1.54) is 0 Å². The highest BCUT2D eigenvalue weighted by Gasteiger charge is 2.32. The van der Waals surface area contributed by atoms with Crippen molar-refractivity contribution >= 4 is 12.6 Å². The Morgan fingerprint density at radius 1 is 1.36 bits per heavy atom. The maximum absolute atomic E-state index is 9.20. The number of methoxy groups -OCH3 is 1. The minimum atomic E-state index is -1.40. The minimum absolute atomic E-state index is 0.447. The Balaban J connectivity index is 2.47. The van der Waals surface area contributed by atoms with E-state index in [0.29, 0.717) is 11.4 Å². The fourth-order valence-electron chi connectivity index (χ4n) is 1.77. The normalized spacial score (nSPS) is 15.4. The first-order chi connectivity index (χ1) is 6.74. The summed E-state index contributed by atoms with van der Waals surface area (Å²) in [5.74, 6) is 1.21. The zero-order chi connectivity index (χ0) is 10.1. The standard InChI is InChI=1S/C10H13BO3/c1-14-9-4-2-3-8(11(12)13)10(9)7-5-6-7/h2-4,7,12-13H,5-6H2,1H3. The molecule has 1 saturated carbocycles. The fourth-order valence-corrected chi connectivity index (χ4v) is 1.77. The molecule has 1 aliphatic rings. The quantitative estimate of drug-likeness (QED) is 0.675. The van der Waals surface area contributed by atoms with Gasteiger partial charge in [0.15, 0.2) is 0 Å². The Morgan fingerprint density at radius 3 is 2.57 bits per heavy atom. The van der Waals surface area contributed by atoms with Gasteiger partial charge in [-0.1, -0.05) is 12.1 Å². The number of hydrogen-bond donors (Lipinski definition) is 2. The summed E-state index contributed by atoms with van der Waals surface area (Å²) in [4.78, 5) is 0. The second kappa shape index (κ2) is 3.63. The van der Waals surface area contributed by atoms with Crippen LogP contribution in [0.25, 0.3) is 0 Å². The Kier molecular flexibility index (Phi) is 2.48. The maximum atomic E-state index is 9.20. The van der Waals surface area contributed by atoms with Crippen molar-refractivity contribution in [2.75, 3.05) is 7.11 Å². The first kappa shape index (κ1) is 9.56. The van der Waals surface area contributed by atoms with Gasteiger partial charge in [-0.2, -0.15) is 0 Å². The predicted octanol–water partition coefficient (Wildman–Crippen LogP) is 0.252. The third-order valence-corrected chi connectivity index (χ3v) is 2.58. The first-order valence-electron chi connectivity index (χ1n) is 4.77. The van der Waals surface area contributed by atoms with Crippen LogP contribution in [0, 0.1) is 0 Å². The van der Waals surface area contributed by atoms with Crippen LogP contribution in [0.5, 0.6) is 5.75 Å². The first-order valence-corrected chi connectivity index (χ1v) is 4.77. The van der Waals surface area contributed by atoms with Gasteiger partial charge in [0.25, 0.3) is 0 Å². The summed E-state index contributed by atoms with van der Waals surface area (Å²) < 4.78 is 5.22. The van der Waals surface area contributed by atoms with Crippen LogP contribution in [0.2, 0.25) is 0 Å². The van der Waals surface area contributed by atoms with Crippen molar-refractivity contribution in [2.45, 2.75) is 18.8 Å². The molecule has 0 aliphatic heterocycles. The SMILES string of the molecule is COc1cccc(B(O)O)c1C1CC1. The smallest absolute Gasteiger partial charge is 0.488 e. The predicted molar refractivity (Wildman–Crippen MR) is 54.8 cm³/mol. The topological polar surface area (TPSA) is 49.7 Å². The van der Waals surface area contributed by atoms with Crippen molar-refractivity contribution in [1.29, 1.82) is 0 Å². The molecule has 3 nitrogen and oxygen atoms in total. The highest BCUT2D eigenvalue weighted by molar-refractivity contribution is 6.59. The van der Waals surface area contributed by atoms with Crippen molar-refractivity contribution in [3.05, 3.63) is 23.8 Å². The summed E-state index contributed by atoms with van der Waals surface area (Å²) in [7, 11) is 0.204. The number of ether oxygens (including phenoxy) is 1. The van der Waals surface area contributed by atoms with Crippen LogP contribution in [0.1, 0.15) is 24.3 Å². The van der Waals surface area contributed by atoms with Gasteiger partial charge in [0.1, 0.15) is 5.75 Å². The average Bonchev–Trinajstić information content (AvgIpc) is 2.99. The largest absolute Gasteiger partial charge is 0.496 e. The van der Waals surface area contributed by atoms with E-state index in [2.05, 4.69) is 0 Å². The van der Waals surface area contributed by atoms with Crippen molar-refractivity contribution in [2.24, 2.45) is 0 Å². The molecule has 1 aromatic carbocycles. The van der Waals surface area contributed by atoms with Crippen LogP contribution in [-0.4, -0.2) is 24.3 Å². The monoisotopic (exact) mass is 192 g/mol. The van der Waals surface area contributed by atoms with E-state index in [4.69, 9.17) is 4.74 Å². The molecule has 2 rings (SSSR count). The van der Waals surface area contributed by atoms with Crippen molar-refractivity contribution < 1.29 is 14.8 Å². The van der Waals surface area contributed by atoms with Crippen molar-refractivity contribution in [3.63, 3.8) is 0 Å². The Hall–Kier alpha value is -0.995. The van der Waals surface area contributed by atoms with Gasteiger partial charge in [-0.3, -0.25) is 0 Å². The molecule has 0 aromatic heterocycles. The summed E-state index contributed by atoms with van der Waals surface area (Å²) in [5, 5.41) is 18.4. The minimum Gasteiger partial charge on any atom is -0.496 e. The summed E-state index contributed by atoms with van der Waals surface area (Å²) in [6.07, 6.45) is 2.22. The molecule has 0 atom stereocenters. The fraction of sp³-hybridized carbons (Fsp3) is 0.400. The lowest BCUT2D eigenvalue weighted by Gasteiger charge is -2.12. The molecule has 1 fully saturated rings. The summed E-state index contributed by atoms with van der Waals surface area (Å²) in [6, 6.07) is 5.37. The molecule has 1 aromatic rings. The van der Waals surface area contributed by atoms with Gasteiger partial charge in [-0.25, -0.2) is 0 Å². The van der Waals surface area contributed by atoms with Gasteiger partial charge in [0.05, 0.1) is 7.11 Å². The Labute approximate surface area is 83.5 Å². The van der Waals surface area contributed by atoms with Gasteiger partial charge in [0.2, 0.25) is 0 Å².